The summed E-state index contributed by atoms with van der Waals surface area (Å²) >= 11 is 1.69. The normalized spacial score (nSPS) is 23.7. The molecule has 61 heavy (non-hydrogen) atoms. The van der Waals surface area contributed by atoms with Gasteiger partial charge in [0.15, 0.2) is 0 Å². The van der Waals surface area contributed by atoms with Crippen LogP contribution in [0.25, 0.3) is 0 Å². The van der Waals surface area contributed by atoms with Gasteiger partial charge < -0.3 is 34.2 Å². The highest BCUT2D eigenvalue weighted by Crippen LogP contribution is 2.62. The van der Waals surface area contributed by atoms with Crippen LogP contribution in [0.4, 0.5) is 0 Å². The van der Waals surface area contributed by atoms with Crippen LogP contribution in [0, 0.1) is 17.8 Å². The minimum Gasteiger partial charge on any atom is -0.459 e. The van der Waals surface area contributed by atoms with Crippen LogP contribution in [0.3, 0.4) is 0 Å². The van der Waals surface area contributed by atoms with Crippen molar-refractivity contribution in [2.24, 2.45) is 22.9 Å². The zero-order chi connectivity index (χ0) is 43.8. The maximum atomic E-state index is 14.4. The number of hydrogen-bond acceptors (Lipinski definition) is 9. The van der Waals surface area contributed by atoms with Gasteiger partial charge in [0.2, 0.25) is 11.7 Å². The van der Waals surface area contributed by atoms with Gasteiger partial charge in [0.1, 0.15) is 28.9 Å². The van der Waals surface area contributed by atoms with Crippen LogP contribution >= 0.6 is 11.8 Å². The Morgan fingerprint density at radius 3 is 2.23 bits per heavy atom. The number of aliphatic hydroxyl groups is 2. The van der Waals surface area contributed by atoms with Crippen molar-refractivity contribution in [1.29, 1.82) is 0 Å². The molecule has 1 aliphatic heterocycles. The molecule has 2 aliphatic carbocycles. The monoisotopic (exact) mass is 861 g/mol. The number of oxime groups is 1. The Morgan fingerprint density at radius 2 is 1.59 bits per heavy atom. The minimum absolute atomic E-state index is 0.0671. The van der Waals surface area contributed by atoms with E-state index in [2.05, 4.69) is 44.0 Å². The highest BCUT2D eigenvalue weighted by Gasteiger charge is 2.65. The van der Waals surface area contributed by atoms with Gasteiger partial charge in [-0.1, -0.05) is 88.4 Å². The average molecular weight is 861 g/mol. The fourth-order valence-corrected chi connectivity index (χ4v) is 10.1. The summed E-state index contributed by atoms with van der Waals surface area (Å²) in [4.78, 5) is 23.7. The summed E-state index contributed by atoms with van der Waals surface area (Å²) in [6.07, 6.45) is 22.6. The van der Waals surface area contributed by atoms with Crippen LogP contribution in [0.15, 0.2) is 76.8 Å². The number of carbonyl (C=O) groups is 1. The lowest BCUT2D eigenvalue weighted by atomic mass is 9.55. The molecule has 5 rings (SSSR count). The lowest BCUT2D eigenvalue weighted by Crippen LogP contribution is -2.69. The van der Waals surface area contributed by atoms with Crippen molar-refractivity contribution in [1.82, 2.24) is 4.90 Å². The Bertz CT molecular complexity index is 1740. The van der Waals surface area contributed by atoms with Gasteiger partial charge in [0.25, 0.3) is 0 Å². The zero-order valence-electron chi connectivity index (χ0n) is 38.2. The van der Waals surface area contributed by atoms with Gasteiger partial charge in [-0.25, -0.2) is 0 Å². The largest absolute Gasteiger partial charge is 0.459 e. The summed E-state index contributed by atoms with van der Waals surface area (Å²) < 4.78 is 21.0. The number of carbonyl (C=O) groups excluding carboxylic acids is 1. The Hall–Kier alpha value is -3.31. The molecule has 0 radical (unpaired) electrons. The van der Waals surface area contributed by atoms with Crippen molar-refractivity contribution in [3.05, 3.63) is 72.3 Å². The summed E-state index contributed by atoms with van der Waals surface area (Å²) in [6.45, 7) is 12.8. The van der Waals surface area contributed by atoms with E-state index in [-0.39, 0.29) is 49.4 Å². The average Bonchev–Trinajstić information content (AvgIpc) is 3.25. The van der Waals surface area contributed by atoms with Crippen LogP contribution < -0.4 is 9.47 Å². The van der Waals surface area contributed by atoms with E-state index in [0.29, 0.717) is 30.8 Å². The lowest BCUT2D eigenvalue weighted by Gasteiger charge is -2.59. The number of amides is 1. The number of ether oxygens (including phenoxy) is 3. The molecule has 9 nitrogen and oxygen atoms in total. The van der Waals surface area contributed by atoms with E-state index < -0.39 is 17.4 Å². The van der Waals surface area contributed by atoms with Gasteiger partial charge in [-0.15, -0.1) is 18.3 Å². The molecule has 0 spiro atoms. The number of allylic oxidation sites excluding steroid dienone is 1. The van der Waals surface area contributed by atoms with Crippen molar-refractivity contribution in [2.45, 2.75) is 165 Å². The maximum Gasteiger partial charge on any atom is 0.239 e. The third-order valence-electron chi connectivity index (χ3n) is 12.7. The number of fused-ring (bicyclic) bond motifs is 2. The summed E-state index contributed by atoms with van der Waals surface area (Å²) in [6, 6.07) is 13.7. The Kier molecular flexibility index (Phi) is 19.1. The predicted octanol–water partition coefficient (Wildman–Crippen LogP) is 12.0. The van der Waals surface area contributed by atoms with E-state index in [1.807, 2.05) is 57.0 Å². The Balaban J connectivity index is 1.61. The van der Waals surface area contributed by atoms with Crippen molar-refractivity contribution < 1.29 is 34.1 Å². The zero-order valence-corrected chi connectivity index (χ0v) is 39.0. The van der Waals surface area contributed by atoms with Gasteiger partial charge in [0.05, 0.1) is 18.2 Å². The predicted molar refractivity (Wildman–Crippen MR) is 249 cm³/mol. The van der Waals surface area contributed by atoms with Crippen LogP contribution in [-0.2, 0) is 14.4 Å². The molecule has 1 fully saturated rings. The summed E-state index contributed by atoms with van der Waals surface area (Å²) in [5.41, 5.74) is 2.34. The molecule has 2 N–H and O–H groups in total. The van der Waals surface area contributed by atoms with Crippen LogP contribution in [-0.4, -0.2) is 77.3 Å². The lowest BCUT2D eigenvalue weighted by molar-refractivity contribution is -0.255. The number of thioether (sulfide) groups is 1. The molecule has 6 atom stereocenters. The second-order valence-electron chi connectivity index (χ2n) is 18.3. The molecule has 0 aromatic heterocycles. The summed E-state index contributed by atoms with van der Waals surface area (Å²) in [5, 5.41) is 24.8. The Labute approximate surface area is 371 Å². The van der Waals surface area contributed by atoms with Crippen molar-refractivity contribution in [3.8, 4) is 17.2 Å². The quantitative estimate of drug-likeness (QED) is 0.0416. The first-order chi connectivity index (χ1) is 29.5. The minimum atomic E-state index is -1.26. The maximum absolute atomic E-state index is 14.4. The molecule has 2 aromatic carbocycles. The van der Waals surface area contributed by atoms with Crippen LogP contribution in [0.5, 0.6) is 17.2 Å². The van der Waals surface area contributed by atoms with Crippen LogP contribution in [0.2, 0.25) is 0 Å². The molecule has 0 bridgehead atoms. The van der Waals surface area contributed by atoms with E-state index in [4.69, 9.17) is 24.2 Å². The second-order valence-corrected chi connectivity index (χ2v) is 19.2. The number of benzene rings is 2. The molecule has 2 aromatic rings. The highest BCUT2D eigenvalue weighted by atomic mass is 32.2. The SMILES string of the molecule is C=CCO[C@@]12Oc3ccc(Oc4ccc(SC)cc4)cc3[C@H]3[C@H](CCCCO)[C@@H](CCCCO)C=C(C(=NOC(C)(C)C)C[C@@H]1N(C)C(=O)CCCCCCCCCCC)[C@H]32. The van der Waals surface area contributed by atoms with E-state index in [1.54, 1.807) is 17.8 Å². The molecule has 1 amide bonds. The van der Waals surface area contributed by atoms with Crippen molar-refractivity contribution in [2.75, 3.05) is 33.1 Å². The van der Waals surface area contributed by atoms with Crippen molar-refractivity contribution in [3.63, 3.8) is 0 Å². The molecule has 3 aliphatic rings. The van der Waals surface area contributed by atoms with E-state index in [0.717, 1.165) is 78.9 Å². The Morgan fingerprint density at radius 1 is 0.934 bits per heavy atom. The topological polar surface area (TPSA) is 110 Å². The molecule has 0 saturated heterocycles. The number of hydrogen-bond donors (Lipinski definition) is 2. The van der Waals surface area contributed by atoms with Gasteiger partial charge in [-0.2, -0.15) is 0 Å². The third-order valence-corrected chi connectivity index (χ3v) is 13.5. The van der Waals surface area contributed by atoms with E-state index >= 15 is 0 Å². The first-order valence-corrected chi connectivity index (χ1v) is 24.6. The fourth-order valence-electron chi connectivity index (χ4n) is 9.70. The highest BCUT2D eigenvalue weighted by molar-refractivity contribution is 7.98. The number of nitrogens with zero attached hydrogens (tertiary/aromatic N) is 2. The summed E-state index contributed by atoms with van der Waals surface area (Å²) in [5.74, 6) is 0.806. The standard InChI is InChI=1S/C51H76N2O7S/c1-8-10-11-12-13-14-15-16-17-24-47(56)53(6)46-36-44(52-60-50(3,4)5)42-34-37(22-18-20-31-54)41(23-19-21-32-55)48-43-35-39(58-38-25-28-40(61-7)29-26-38)27-30-45(43)59-51(46,49(42)48)57-33-9-2/h9,25-30,34-35,37,41,46,48-49,54-55H,2,8,10-24,31-33,36H2,1,3-7H3/t37-,41+,46-,48+,49+,51+/m0/s1. The summed E-state index contributed by atoms with van der Waals surface area (Å²) in [7, 11) is 1.91. The first-order valence-electron chi connectivity index (χ1n) is 23.3. The van der Waals surface area contributed by atoms with Gasteiger partial charge in [-0.3, -0.25) is 4.79 Å². The number of unbranched alkanes of at least 4 members (excludes halogenated alkanes) is 10. The number of rotatable bonds is 26. The van der Waals surface area contributed by atoms with Crippen LogP contribution in [0.1, 0.15) is 148 Å². The number of aliphatic hydroxyl groups excluding tert-OH is 2. The molecule has 10 heteroatoms. The fraction of sp³-hybridized carbons (Fsp3) is 0.647. The molecule has 1 heterocycles. The van der Waals surface area contributed by atoms with E-state index in [1.165, 1.54) is 38.5 Å². The van der Waals surface area contributed by atoms with Gasteiger partial charge >= 0.3 is 0 Å². The smallest absolute Gasteiger partial charge is 0.239 e. The molecular formula is C51H76N2O7S. The van der Waals surface area contributed by atoms with Gasteiger partial charge in [-0.05, 0) is 119 Å². The second kappa shape index (κ2) is 23.9. The molecule has 338 valence electrons. The number of likely N-dealkylation sites (N-methyl/N-ethyl adjacent to an activating group) is 1. The van der Waals surface area contributed by atoms with Crippen molar-refractivity contribution >= 4 is 23.4 Å². The van der Waals surface area contributed by atoms with E-state index in [9.17, 15) is 15.0 Å². The third kappa shape index (κ3) is 12.9. The molecule has 1 saturated carbocycles. The first kappa shape index (κ1) is 48.7. The van der Waals surface area contributed by atoms with Gasteiger partial charge in [0, 0.05) is 49.5 Å². The molecular weight excluding hydrogens is 785 g/mol. The molecule has 0 unspecified atom stereocenters.